The number of amides is 1. The molecule has 1 aliphatic heterocycles. The van der Waals surface area contributed by atoms with Crippen molar-refractivity contribution in [2.75, 3.05) is 27.3 Å². The first-order chi connectivity index (χ1) is 10.2. The van der Waals surface area contributed by atoms with E-state index in [0.717, 1.165) is 25.2 Å². The van der Waals surface area contributed by atoms with Crippen molar-refractivity contribution in [3.05, 3.63) is 30.1 Å². The van der Waals surface area contributed by atoms with Crippen LogP contribution in [-0.2, 0) is 20.7 Å². The highest BCUT2D eigenvalue weighted by Crippen LogP contribution is 2.18. The Hall–Kier alpha value is -1.50. The molecule has 116 valence electrons. The summed E-state index contributed by atoms with van der Waals surface area (Å²) in [6.45, 7) is 3.52. The molecule has 3 unspecified atom stereocenters. The zero-order valence-electron chi connectivity index (χ0n) is 12.8. The van der Waals surface area contributed by atoms with Crippen molar-refractivity contribution in [2.45, 2.75) is 31.7 Å². The van der Waals surface area contributed by atoms with E-state index in [4.69, 9.17) is 9.47 Å². The number of methoxy groups -OCH3 is 2. The van der Waals surface area contributed by atoms with Gasteiger partial charge in [-0.1, -0.05) is 6.07 Å². The monoisotopic (exact) mass is 293 g/mol. The van der Waals surface area contributed by atoms with Crippen LogP contribution in [0, 0.1) is 0 Å². The molecule has 0 saturated carbocycles. The van der Waals surface area contributed by atoms with Crippen LogP contribution in [0.1, 0.15) is 12.6 Å². The first-order valence-corrected chi connectivity index (χ1v) is 7.15. The summed E-state index contributed by atoms with van der Waals surface area (Å²) < 4.78 is 10.3. The number of nitrogens with one attached hydrogen (secondary N) is 1. The fourth-order valence-corrected chi connectivity index (χ4v) is 2.37. The van der Waals surface area contributed by atoms with Crippen LogP contribution in [0.4, 0.5) is 0 Å². The number of nitrogens with zero attached hydrogens (tertiary/aromatic N) is 2. The van der Waals surface area contributed by atoms with Crippen molar-refractivity contribution in [2.24, 2.45) is 0 Å². The highest BCUT2D eigenvalue weighted by molar-refractivity contribution is 5.84. The molecule has 0 aromatic carbocycles. The third-order valence-corrected chi connectivity index (χ3v) is 3.64. The molecular weight excluding hydrogens is 270 g/mol. The summed E-state index contributed by atoms with van der Waals surface area (Å²) in [6.07, 6.45) is 2.23. The van der Waals surface area contributed by atoms with Crippen molar-refractivity contribution in [3.8, 4) is 0 Å². The molecule has 1 aromatic heterocycles. The van der Waals surface area contributed by atoms with E-state index in [9.17, 15) is 4.79 Å². The number of pyridine rings is 1. The quantitative estimate of drug-likeness (QED) is 0.556. The maximum absolute atomic E-state index is 12.1. The van der Waals surface area contributed by atoms with Gasteiger partial charge in [0.25, 0.3) is 0 Å². The van der Waals surface area contributed by atoms with E-state index < -0.39 is 6.29 Å². The van der Waals surface area contributed by atoms with Crippen LogP contribution >= 0.6 is 0 Å². The Balaban J connectivity index is 1.71. The number of aromatic nitrogens is 1. The van der Waals surface area contributed by atoms with Crippen molar-refractivity contribution in [1.29, 1.82) is 0 Å². The maximum atomic E-state index is 12.1. The fourth-order valence-electron chi connectivity index (χ4n) is 2.37. The fraction of sp³-hybridized carbons (Fsp3) is 0.600. The van der Waals surface area contributed by atoms with E-state index >= 15 is 0 Å². The lowest BCUT2D eigenvalue weighted by atomic mass is 10.2. The van der Waals surface area contributed by atoms with Gasteiger partial charge in [0.05, 0.1) is 6.04 Å². The van der Waals surface area contributed by atoms with E-state index in [1.165, 1.54) is 0 Å². The average Bonchev–Trinajstić information content (AvgIpc) is 3.27. The smallest absolute Gasteiger partial charge is 0.239 e. The first kappa shape index (κ1) is 15.9. The number of rotatable bonds is 8. The Morgan fingerprint density at radius 3 is 2.86 bits per heavy atom. The molecule has 2 heterocycles. The molecule has 1 amide bonds. The molecule has 1 saturated heterocycles. The summed E-state index contributed by atoms with van der Waals surface area (Å²) in [5.74, 6) is 0.0302. The summed E-state index contributed by atoms with van der Waals surface area (Å²) in [5, 5.41) is 2.93. The highest BCUT2D eigenvalue weighted by Gasteiger charge is 2.40. The molecule has 21 heavy (non-hydrogen) atoms. The van der Waals surface area contributed by atoms with E-state index in [1.807, 2.05) is 25.1 Å². The van der Waals surface area contributed by atoms with E-state index in [-0.39, 0.29) is 18.0 Å². The Kier molecular flexibility index (Phi) is 5.67. The molecule has 6 heteroatoms. The van der Waals surface area contributed by atoms with Gasteiger partial charge in [-0.2, -0.15) is 0 Å². The largest absolute Gasteiger partial charge is 0.354 e. The standard InChI is InChI=1S/C15H23N3O3/c1-11(15(20-2)21-3)17-14(19)13-10-18(13)9-7-12-6-4-5-8-16-12/h4-6,8,11,13,15H,7,9-10H2,1-3H3,(H,17,19). The molecule has 2 rings (SSSR count). The lowest BCUT2D eigenvalue weighted by Gasteiger charge is -2.22. The molecule has 0 radical (unpaired) electrons. The Bertz CT molecular complexity index is 451. The summed E-state index contributed by atoms with van der Waals surface area (Å²) in [7, 11) is 3.13. The topological polar surface area (TPSA) is 63.5 Å². The van der Waals surface area contributed by atoms with E-state index in [2.05, 4.69) is 15.2 Å². The number of hydrogen-bond donors (Lipinski definition) is 1. The summed E-state index contributed by atoms with van der Waals surface area (Å²) in [6, 6.07) is 5.67. The summed E-state index contributed by atoms with van der Waals surface area (Å²) in [5.41, 5.74) is 1.05. The Morgan fingerprint density at radius 2 is 2.24 bits per heavy atom. The highest BCUT2D eigenvalue weighted by atomic mass is 16.7. The van der Waals surface area contributed by atoms with Gasteiger partial charge in [-0.15, -0.1) is 0 Å². The number of hydrogen-bond acceptors (Lipinski definition) is 5. The molecule has 1 aromatic rings. The lowest BCUT2D eigenvalue weighted by Crippen LogP contribution is -2.45. The first-order valence-electron chi connectivity index (χ1n) is 7.15. The minimum absolute atomic E-state index is 0.0302. The molecule has 1 fully saturated rings. The van der Waals surface area contributed by atoms with E-state index in [0.29, 0.717) is 0 Å². The third kappa shape index (κ3) is 4.49. The predicted molar refractivity (Wildman–Crippen MR) is 78.7 cm³/mol. The molecule has 6 nitrogen and oxygen atoms in total. The second kappa shape index (κ2) is 7.49. The van der Waals surface area contributed by atoms with Gasteiger partial charge >= 0.3 is 0 Å². The Morgan fingerprint density at radius 1 is 1.48 bits per heavy atom. The molecule has 0 bridgehead atoms. The van der Waals surface area contributed by atoms with Crippen molar-refractivity contribution in [1.82, 2.24) is 15.2 Å². The molecule has 1 N–H and O–H groups in total. The van der Waals surface area contributed by atoms with Crippen molar-refractivity contribution >= 4 is 5.91 Å². The zero-order valence-corrected chi connectivity index (χ0v) is 12.8. The molecule has 1 aliphatic rings. The average molecular weight is 293 g/mol. The van der Waals surface area contributed by atoms with Gasteiger partial charge in [0.2, 0.25) is 5.91 Å². The van der Waals surface area contributed by atoms with Crippen molar-refractivity contribution < 1.29 is 14.3 Å². The second-order valence-corrected chi connectivity index (χ2v) is 5.22. The van der Waals surface area contributed by atoms with Gasteiger partial charge in [0, 0.05) is 45.6 Å². The predicted octanol–water partition coefficient (Wildman–Crippen LogP) is 0.432. The normalized spacial score (nSPS) is 22.1. The van der Waals surface area contributed by atoms with Crippen LogP contribution < -0.4 is 5.32 Å². The van der Waals surface area contributed by atoms with Crippen LogP contribution in [0.3, 0.4) is 0 Å². The SMILES string of the molecule is COC(OC)C(C)NC(=O)C1CN1CCc1ccccn1. The number of carbonyl (C=O) groups is 1. The van der Waals surface area contributed by atoms with Gasteiger partial charge < -0.3 is 14.8 Å². The van der Waals surface area contributed by atoms with Gasteiger partial charge in [0.1, 0.15) is 6.04 Å². The molecule has 0 spiro atoms. The maximum Gasteiger partial charge on any atom is 0.239 e. The summed E-state index contributed by atoms with van der Waals surface area (Å²) >= 11 is 0. The minimum atomic E-state index is -0.422. The Labute approximate surface area is 125 Å². The van der Waals surface area contributed by atoms with Crippen LogP contribution in [0.15, 0.2) is 24.4 Å². The second-order valence-electron chi connectivity index (χ2n) is 5.22. The third-order valence-electron chi connectivity index (χ3n) is 3.64. The number of carbonyl (C=O) groups excluding carboxylic acids is 1. The van der Waals surface area contributed by atoms with Crippen LogP contribution in [0.25, 0.3) is 0 Å². The minimum Gasteiger partial charge on any atom is -0.354 e. The van der Waals surface area contributed by atoms with Crippen LogP contribution in [-0.4, -0.2) is 61.5 Å². The van der Waals surface area contributed by atoms with Gasteiger partial charge in [-0.25, -0.2) is 0 Å². The molecular formula is C15H23N3O3. The van der Waals surface area contributed by atoms with Gasteiger partial charge in [0.15, 0.2) is 6.29 Å². The summed E-state index contributed by atoms with van der Waals surface area (Å²) in [4.78, 5) is 18.5. The number of ether oxygens (including phenoxy) is 2. The van der Waals surface area contributed by atoms with Gasteiger partial charge in [-0.05, 0) is 19.1 Å². The van der Waals surface area contributed by atoms with Crippen LogP contribution in [0.2, 0.25) is 0 Å². The zero-order chi connectivity index (χ0) is 15.2. The van der Waals surface area contributed by atoms with E-state index in [1.54, 1.807) is 20.4 Å². The van der Waals surface area contributed by atoms with Crippen molar-refractivity contribution in [3.63, 3.8) is 0 Å². The molecule has 3 atom stereocenters. The molecule has 0 aliphatic carbocycles. The van der Waals surface area contributed by atoms with Gasteiger partial charge in [-0.3, -0.25) is 14.7 Å². The lowest BCUT2D eigenvalue weighted by molar-refractivity contribution is -0.135. The van der Waals surface area contributed by atoms with Crippen LogP contribution in [0.5, 0.6) is 0 Å².